The maximum Gasteiger partial charge on any atom is 0.251 e. The summed E-state index contributed by atoms with van der Waals surface area (Å²) in [4.78, 5) is 30.1. The van der Waals surface area contributed by atoms with Crippen LogP contribution in [0.4, 0.5) is 10.7 Å². The van der Waals surface area contributed by atoms with Crippen molar-refractivity contribution in [2.24, 2.45) is 5.73 Å². The zero-order valence-electron chi connectivity index (χ0n) is 17.6. The highest BCUT2D eigenvalue weighted by Gasteiger charge is 2.26. The highest BCUT2D eigenvalue weighted by molar-refractivity contribution is 7.16. The summed E-state index contributed by atoms with van der Waals surface area (Å²) in [5, 5.41) is 3.50. The van der Waals surface area contributed by atoms with E-state index in [9.17, 15) is 9.59 Å². The number of anilines is 2. The van der Waals surface area contributed by atoms with E-state index in [1.165, 1.54) is 22.6 Å². The number of hydrogen-bond donors (Lipinski definition) is 2. The molecule has 29 heavy (non-hydrogen) atoms. The predicted octanol–water partition coefficient (Wildman–Crippen LogP) is 3.18. The molecule has 0 saturated carbocycles. The first-order chi connectivity index (χ1) is 13.8. The van der Waals surface area contributed by atoms with E-state index in [4.69, 9.17) is 5.73 Å². The number of carbonyl (C=O) groups excluding carboxylic acids is 2. The average Bonchev–Trinajstić information content (AvgIpc) is 2.96. The number of nitrogens with one attached hydrogen (secondary N) is 1. The van der Waals surface area contributed by atoms with Gasteiger partial charge >= 0.3 is 0 Å². The van der Waals surface area contributed by atoms with Crippen molar-refractivity contribution >= 4 is 33.8 Å². The number of nitrogens with zero attached hydrogens (tertiary/aromatic N) is 2. The van der Waals surface area contributed by atoms with E-state index in [2.05, 4.69) is 53.2 Å². The minimum Gasteiger partial charge on any atom is -0.366 e. The van der Waals surface area contributed by atoms with Crippen molar-refractivity contribution in [1.29, 1.82) is 0 Å². The molecule has 1 aromatic heterocycles. The lowest BCUT2D eigenvalue weighted by molar-refractivity contribution is -0.117. The highest BCUT2D eigenvalue weighted by atomic mass is 32.1. The number of benzene rings is 1. The number of aryl methyl sites for hydroxylation is 2. The Morgan fingerprint density at radius 1 is 1.28 bits per heavy atom. The Morgan fingerprint density at radius 2 is 2.03 bits per heavy atom. The van der Waals surface area contributed by atoms with Crippen LogP contribution in [-0.2, 0) is 11.2 Å². The van der Waals surface area contributed by atoms with Crippen molar-refractivity contribution in [3.8, 4) is 0 Å². The number of thiophene rings is 1. The summed E-state index contributed by atoms with van der Waals surface area (Å²) in [6, 6.07) is 8.85. The highest BCUT2D eigenvalue weighted by Crippen LogP contribution is 2.33. The van der Waals surface area contributed by atoms with Crippen LogP contribution < -0.4 is 16.0 Å². The Morgan fingerprint density at radius 3 is 2.66 bits per heavy atom. The first-order valence-corrected chi connectivity index (χ1v) is 10.9. The van der Waals surface area contributed by atoms with Crippen molar-refractivity contribution < 1.29 is 9.59 Å². The second-order valence-corrected chi connectivity index (χ2v) is 8.95. The molecule has 0 radical (unpaired) electrons. The molecule has 2 heterocycles. The topological polar surface area (TPSA) is 78.7 Å². The van der Waals surface area contributed by atoms with Crippen LogP contribution in [0.25, 0.3) is 0 Å². The molecule has 0 unspecified atom stereocenters. The molecule has 0 bridgehead atoms. The van der Waals surface area contributed by atoms with Gasteiger partial charge in [-0.2, -0.15) is 0 Å². The summed E-state index contributed by atoms with van der Waals surface area (Å²) < 4.78 is 0. The molecule has 6 nitrogen and oxygen atoms in total. The van der Waals surface area contributed by atoms with E-state index in [0.29, 0.717) is 23.2 Å². The van der Waals surface area contributed by atoms with Gasteiger partial charge in [-0.1, -0.05) is 19.1 Å². The molecule has 2 aromatic rings. The van der Waals surface area contributed by atoms with Gasteiger partial charge in [-0.25, -0.2) is 0 Å². The molecule has 7 heteroatoms. The molecule has 156 valence electrons. The van der Waals surface area contributed by atoms with Crippen LogP contribution >= 0.6 is 11.3 Å². The number of nitrogens with two attached hydrogens (primary N) is 1. The van der Waals surface area contributed by atoms with Crippen LogP contribution in [0.1, 0.15) is 40.2 Å². The number of rotatable bonds is 6. The molecule has 1 aliphatic heterocycles. The Bertz CT molecular complexity index is 908. The third kappa shape index (κ3) is 4.79. The zero-order chi connectivity index (χ0) is 21.1. The molecule has 1 saturated heterocycles. The summed E-state index contributed by atoms with van der Waals surface area (Å²) >= 11 is 1.42. The van der Waals surface area contributed by atoms with Crippen LogP contribution in [-0.4, -0.2) is 48.9 Å². The molecule has 1 atom stereocenters. The van der Waals surface area contributed by atoms with E-state index >= 15 is 0 Å². The van der Waals surface area contributed by atoms with Gasteiger partial charge in [0.1, 0.15) is 5.00 Å². The molecule has 1 fully saturated rings. The lowest BCUT2D eigenvalue weighted by Gasteiger charge is -2.41. The van der Waals surface area contributed by atoms with E-state index in [0.717, 1.165) is 36.5 Å². The Hall–Kier alpha value is -2.38. The van der Waals surface area contributed by atoms with Gasteiger partial charge in [0.15, 0.2) is 0 Å². The standard InChI is InChI=1S/C22H30N4O2S/c1-5-18-16(4)29-22(20(18)21(23)28)24-19(27)13-25-9-10-26(15(3)12-25)17-8-6-7-14(2)11-17/h6-8,11,15H,5,9-10,12-13H2,1-4H3,(H2,23,28)(H,24,27)/t15-/m0/s1. The summed E-state index contributed by atoms with van der Waals surface area (Å²) in [6.45, 7) is 11.1. The van der Waals surface area contributed by atoms with E-state index in [1.54, 1.807) is 0 Å². The van der Waals surface area contributed by atoms with Crippen LogP contribution in [0.3, 0.4) is 0 Å². The Balaban J connectivity index is 1.62. The molecular formula is C22H30N4O2S. The maximum atomic E-state index is 12.7. The van der Waals surface area contributed by atoms with Crippen LogP contribution in [0, 0.1) is 13.8 Å². The molecule has 3 rings (SSSR count). The summed E-state index contributed by atoms with van der Waals surface area (Å²) in [7, 11) is 0. The van der Waals surface area contributed by atoms with E-state index < -0.39 is 5.91 Å². The fourth-order valence-corrected chi connectivity index (χ4v) is 5.26. The maximum absolute atomic E-state index is 12.7. The van der Waals surface area contributed by atoms with Crippen molar-refractivity contribution in [3.05, 3.63) is 45.8 Å². The minimum atomic E-state index is -0.484. The number of piperazine rings is 1. The quantitative estimate of drug-likeness (QED) is 0.761. The third-order valence-electron chi connectivity index (χ3n) is 5.47. The van der Waals surface area contributed by atoms with E-state index in [1.807, 2.05) is 13.8 Å². The minimum absolute atomic E-state index is 0.104. The lowest BCUT2D eigenvalue weighted by atomic mass is 10.1. The molecule has 1 aliphatic rings. The molecule has 3 N–H and O–H groups in total. The van der Waals surface area contributed by atoms with Gasteiger partial charge in [0.2, 0.25) is 5.91 Å². The molecule has 2 amide bonds. The first kappa shape index (κ1) is 21.3. The van der Waals surface area contributed by atoms with E-state index in [-0.39, 0.29) is 5.91 Å². The van der Waals surface area contributed by atoms with Crippen LogP contribution in [0.15, 0.2) is 24.3 Å². The van der Waals surface area contributed by atoms with Gasteiger partial charge < -0.3 is 16.0 Å². The summed E-state index contributed by atoms with van der Waals surface area (Å²) in [6.07, 6.45) is 0.717. The number of amides is 2. The lowest BCUT2D eigenvalue weighted by Crippen LogP contribution is -2.53. The second kappa shape index (κ2) is 8.97. The fraction of sp³-hybridized carbons (Fsp3) is 0.455. The Kier molecular flexibility index (Phi) is 6.59. The summed E-state index contributed by atoms with van der Waals surface area (Å²) in [5.41, 5.74) is 9.43. The van der Waals surface area contributed by atoms with Gasteiger partial charge in [-0.05, 0) is 50.5 Å². The molecule has 0 spiro atoms. The third-order valence-corrected chi connectivity index (χ3v) is 6.54. The van der Waals surface area contributed by atoms with Gasteiger partial charge in [-0.3, -0.25) is 14.5 Å². The van der Waals surface area contributed by atoms with Gasteiger partial charge in [0.25, 0.3) is 5.91 Å². The van der Waals surface area contributed by atoms with Crippen LogP contribution in [0.2, 0.25) is 0 Å². The zero-order valence-corrected chi connectivity index (χ0v) is 18.4. The van der Waals surface area contributed by atoms with Gasteiger partial charge in [0.05, 0.1) is 12.1 Å². The van der Waals surface area contributed by atoms with Crippen molar-refractivity contribution in [1.82, 2.24) is 4.90 Å². The molecule has 0 aliphatic carbocycles. The number of hydrogen-bond acceptors (Lipinski definition) is 5. The smallest absolute Gasteiger partial charge is 0.251 e. The predicted molar refractivity (Wildman–Crippen MR) is 120 cm³/mol. The molecular weight excluding hydrogens is 384 g/mol. The van der Waals surface area contributed by atoms with Gasteiger partial charge in [-0.15, -0.1) is 11.3 Å². The monoisotopic (exact) mass is 414 g/mol. The average molecular weight is 415 g/mol. The number of carbonyl (C=O) groups is 2. The van der Waals surface area contributed by atoms with Crippen molar-refractivity contribution in [2.75, 3.05) is 36.4 Å². The van der Waals surface area contributed by atoms with Crippen molar-refractivity contribution in [2.45, 2.75) is 40.2 Å². The SMILES string of the molecule is CCc1c(C)sc(NC(=O)CN2CCN(c3cccc(C)c3)[C@@H](C)C2)c1C(N)=O. The fourth-order valence-electron chi connectivity index (χ4n) is 4.09. The second-order valence-electron chi connectivity index (χ2n) is 7.72. The number of primary amides is 1. The first-order valence-electron chi connectivity index (χ1n) is 10.1. The Labute approximate surface area is 176 Å². The largest absolute Gasteiger partial charge is 0.366 e. The molecule has 1 aromatic carbocycles. The normalized spacial score (nSPS) is 17.4. The summed E-state index contributed by atoms with van der Waals surface area (Å²) in [5.74, 6) is -0.588. The van der Waals surface area contributed by atoms with Crippen LogP contribution in [0.5, 0.6) is 0 Å². The van der Waals surface area contributed by atoms with Crippen molar-refractivity contribution in [3.63, 3.8) is 0 Å². The van der Waals surface area contributed by atoms with Gasteiger partial charge in [0, 0.05) is 36.2 Å².